The lowest BCUT2D eigenvalue weighted by Gasteiger charge is -2.25. The molecule has 0 spiro atoms. The van der Waals surface area contributed by atoms with Gasteiger partial charge in [0.1, 0.15) is 11.4 Å². The van der Waals surface area contributed by atoms with E-state index >= 15 is 0 Å². The van der Waals surface area contributed by atoms with E-state index in [1.165, 1.54) is 16.7 Å². The minimum atomic E-state index is -0.197. The number of nitrogens with zero attached hydrogens (tertiary/aromatic N) is 1. The summed E-state index contributed by atoms with van der Waals surface area (Å²) in [5.41, 5.74) is 5.55. The number of quaternary nitrogens is 1. The van der Waals surface area contributed by atoms with Crippen molar-refractivity contribution in [3.05, 3.63) is 77.5 Å². The summed E-state index contributed by atoms with van der Waals surface area (Å²) in [7, 11) is 1.92. The van der Waals surface area contributed by atoms with Crippen LogP contribution in [-0.4, -0.2) is 13.5 Å². The molecule has 0 radical (unpaired) electrons. The summed E-state index contributed by atoms with van der Waals surface area (Å²) < 4.78 is 0.175. The van der Waals surface area contributed by atoms with Crippen molar-refractivity contribution in [2.75, 3.05) is 7.05 Å². The second-order valence-corrected chi connectivity index (χ2v) is 6.77. The van der Waals surface area contributed by atoms with Crippen LogP contribution in [0, 0.1) is 0 Å². The fourth-order valence-corrected chi connectivity index (χ4v) is 3.43. The number of carbonyl (C=O) groups excluding carboxylic acids is 1. The third-order valence-electron chi connectivity index (χ3n) is 4.98. The maximum absolute atomic E-state index is 11.7. The molecule has 1 heterocycles. The van der Waals surface area contributed by atoms with Crippen molar-refractivity contribution in [2.45, 2.75) is 25.7 Å². The van der Waals surface area contributed by atoms with Gasteiger partial charge in [0.25, 0.3) is 0 Å². The molecule has 3 rings (SSSR count). The van der Waals surface area contributed by atoms with Crippen LogP contribution >= 0.6 is 0 Å². The van der Waals surface area contributed by atoms with Gasteiger partial charge in [-0.05, 0) is 44.0 Å². The lowest BCUT2D eigenvalue weighted by molar-refractivity contribution is -0.115. The van der Waals surface area contributed by atoms with Crippen LogP contribution < -0.4 is 4.48 Å². The fourth-order valence-electron chi connectivity index (χ4n) is 3.43. The molecule has 0 N–H and O–H groups in total. The zero-order valence-electron chi connectivity index (χ0n) is 13.5. The van der Waals surface area contributed by atoms with Crippen LogP contribution in [0.3, 0.4) is 0 Å². The molecule has 2 heteroatoms. The smallest absolute Gasteiger partial charge is 0.233 e. The lowest BCUT2D eigenvalue weighted by Crippen LogP contribution is -2.42. The Bertz CT molecular complexity index is 746. The third-order valence-corrected chi connectivity index (χ3v) is 4.98. The lowest BCUT2D eigenvalue weighted by atomic mass is 9.83. The molecule has 1 unspecified atom stereocenters. The number of hydrogen-bond acceptors (Lipinski definition) is 1. The van der Waals surface area contributed by atoms with Gasteiger partial charge in [-0.2, -0.15) is 0 Å². The van der Waals surface area contributed by atoms with Crippen molar-refractivity contribution >= 4 is 12.1 Å². The van der Waals surface area contributed by atoms with E-state index in [-0.39, 0.29) is 9.90 Å². The largest absolute Gasteiger partial charge is 0.311 e. The minimum absolute atomic E-state index is 0.175. The molecule has 0 saturated heterocycles. The zero-order valence-corrected chi connectivity index (χ0v) is 13.5. The van der Waals surface area contributed by atoms with E-state index in [0.29, 0.717) is 0 Å². The van der Waals surface area contributed by atoms with Gasteiger partial charge in [0.05, 0.1) is 12.5 Å². The number of likely N-dealkylation sites (N-methyl/N-ethyl adjacent to an activating group) is 1. The Labute approximate surface area is 132 Å². The Morgan fingerprint density at radius 1 is 1.09 bits per heavy atom. The number of carbonyl (C=O) groups is 1. The quantitative estimate of drug-likeness (QED) is 0.613. The highest BCUT2D eigenvalue weighted by Gasteiger charge is 2.50. The minimum Gasteiger partial charge on any atom is -0.233 e. The topological polar surface area (TPSA) is 17.1 Å². The molecule has 1 amide bonds. The van der Waals surface area contributed by atoms with E-state index in [1.54, 1.807) is 0 Å². The predicted molar refractivity (Wildman–Crippen MR) is 91.6 cm³/mol. The molecule has 0 saturated carbocycles. The number of amides is 1. The Morgan fingerprint density at radius 3 is 2.41 bits per heavy atom. The third kappa shape index (κ3) is 2.03. The van der Waals surface area contributed by atoms with Gasteiger partial charge in [-0.1, -0.05) is 36.4 Å². The van der Waals surface area contributed by atoms with Crippen LogP contribution in [0.1, 0.15) is 30.5 Å². The van der Waals surface area contributed by atoms with Crippen molar-refractivity contribution in [2.24, 2.45) is 0 Å². The van der Waals surface area contributed by atoms with Gasteiger partial charge in [0.15, 0.2) is 0 Å². The highest BCUT2D eigenvalue weighted by Crippen LogP contribution is 2.50. The molecule has 0 bridgehead atoms. The molecule has 0 aliphatic carbocycles. The normalized spacial score (nSPS) is 22.4. The molecular weight excluding hydrogens is 270 g/mol. The predicted octanol–water partition coefficient (Wildman–Crippen LogP) is 4.18. The van der Waals surface area contributed by atoms with Gasteiger partial charge in [-0.3, -0.25) is 0 Å². The highest BCUT2D eigenvalue weighted by molar-refractivity contribution is 5.81. The summed E-state index contributed by atoms with van der Waals surface area (Å²) in [5, 5.41) is 0. The average molecular weight is 292 g/mol. The van der Waals surface area contributed by atoms with E-state index < -0.39 is 0 Å². The Morgan fingerprint density at radius 2 is 1.77 bits per heavy atom. The first kappa shape index (κ1) is 14.7. The Kier molecular flexibility index (Phi) is 3.30. The van der Waals surface area contributed by atoms with E-state index in [9.17, 15) is 4.79 Å². The summed E-state index contributed by atoms with van der Waals surface area (Å²) in [4.78, 5) is 11.7. The van der Waals surface area contributed by atoms with Gasteiger partial charge in [0.2, 0.25) is 0 Å². The van der Waals surface area contributed by atoms with E-state index in [4.69, 9.17) is 0 Å². The fraction of sp³-hybridized carbons (Fsp3) is 0.250. The van der Waals surface area contributed by atoms with Gasteiger partial charge in [0, 0.05) is 11.6 Å². The van der Waals surface area contributed by atoms with Crippen molar-refractivity contribution < 1.29 is 4.79 Å². The first-order chi connectivity index (χ1) is 10.4. The molecule has 2 aromatic rings. The number of benzene rings is 2. The standard InChI is InChI=1S/C20H22NO/c1-15-20(2,3)18-13-17(12-16-8-6-5-7-9-16)10-11-19(18)21(15,4)14-22/h5-11,13-14H,1,12H2,2-4H3/q+1. The molecule has 0 fully saturated rings. The van der Waals surface area contributed by atoms with E-state index in [2.05, 4.69) is 62.9 Å². The first-order valence-corrected chi connectivity index (χ1v) is 7.60. The van der Waals surface area contributed by atoms with Gasteiger partial charge in [-0.25, -0.2) is 9.28 Å². The van der Waals surface area contributed by atoms with Crippen molar-refractivity contribution in [1.29, 1.82) is 0 Å². The molecule has 22 heavy (non-hydrogen) atoms. The number of hydrogen-bond donors (Lipinski definition) is 0. The van der Waals surface area contributed by atoms with Gasteiger partial charge >= 0.3 is 6.41 Å². The Hall–Kier alpha value is -2.19. The molecule has 1 aliphatic rings. The molecule has 2 aromatic carbocycles. The summed E-state index contributed by atoms with van der Waals surface area (Å²) in [6.45, 7) is 8.49. The molecule has 1 atom stereocenters. The van der Waals surface area contributed by atoms with Crippen molar-refractivity contribution in [1.82, 2.24) is 4.48 Å². The van der Waals surface area contributed by atoms with Crippen LogP contribution in [0.25, 0.3) is 0 Å². The zero-order chi connectivity index (χ0) is 16.0. The molecule has 112 valence electrons. The molecular formula is C20H22NO+. The monoisotopic (exact) mass is 292 g/mol. The van der Waals surface area contributed by atoms with Crippen LogP contribution in [0.15, 0.2) is 60.8 Å². The van der Waals surface area contributed by atoms with Crippen LogP contribution in [0.4, 0.5) is 5.69 Å². The number of allylic oxidation sites excluding steroid dienone is 1. The summed E-state index contributed by atoms with van der Waals surface area (Å²) >= 11 is 0. The van der Waals surface area contributed by atoms with Crippen molar-refractivity contribution in [3.8, 4) is 0 Å². The van der Waals surface area contributed by atoms with E-state index in [1.807, 2.05) is 13.1 Å². The average Bonchev–Trinajstić information content (AvgIpc) is 2.68. The van der Waals surface area contributed by atoms with Crippen LogP contribution in [-0.2, 0) is 16.6 Å². The molecule has 0 aromatic heterocycles. The number of fused-ring (bicyclic) bond motifs is 1. The SMILES string of the molecule is C=C1C(C)(C)c2cc(Cc3ccccc3)ccc2[N+]1(C)C=O. The Balaban J connectivity index is 2.06. The first-order valence-electron chi connectivity index (χ1n) is 7.60. The highest BCUT2D eigenvalue weighted by atomic mass is 16.1. The van der Waals surface area contributed by atoms with E-state index in [0.717, 1.165) is 24.2 Å². The summed E-state index contributed by atoms with van der Waals surface area (Å²) in [5.74, 6) is 0. The molecule has 2 nitrogen and oxygen atoms in total. The second-order valence-electron chi connectivity index (χ2n) is 6.77. The summed E-state index contributed by atoms with van der Waals surface area (Å²) in [6, 6.07) is 16.9. The van der Waals surface area contributed by atoms with Crippen LogP contribution in [0.2, 0.25) is 0 Å². The maximum atomic E-state index is 11.7. The molecule has 1 aliphatic heterocycles. The second kappa shape index (κ2) is 4.92. The summed E-state index contributed by atoms with van der Waals surface area (Å²) in [6.07, 6.45) is 1.88. The number of rotatable bonds is 3. The van der Waals surface area contributed by atoms with Gasteiger partial charge in [-0.15, -0.1) is 0 Å². The van der Waals surface area contributed by atoms with Crippen LogP contribution in [0.5, 0.6) is 0 Å². The van der Waals surface area contributed by atoms with Gasteiger partial charge < -0.3 is 0 Å². The van der Waals surface area contributed by atoms with Crippen molar-refractivity contribution in [3.63, 3.8) is 0 Å². The maximum Gasteiger partial charge on any atom is 0.311 e.